The first-order chi connectivity index (χ1) is 13.5. The highest BCUT2D eigenvalue weighted by Crippen LogP contribution is 2.31. The third kappa shape index (κ3) is 4.77. The maximum Gasteiger partial charge on any atom is 0.359 e. The van der Waals surface area contributed by atoms with Crippen LogP contribution in [0.5, 0.6) is 0 Å². The fraction of sp³-hybridized carbons (Fsp3) is 0.350. The molecule has 28 heavy (non-hydrogen) atoms. The van der Waals surface area contributed by atoms with Crippen molar-refractivity contribution in [3.63, 3.8) is 0 Å². The monoisotopic (exact) mass is 440 g/mol. The van der Waals surface area contributed by atoms with E-state index in [0.717, 1.165) is 31.4 Å². The Morgan fingerprint density at radius 2 is 1.71 bits per heavy atom. The van der Waals surface area contributed by atoms with E-state index in [1.165, 1.54) is 12.6 Å². The molecule has 0 N–H and O–H groups in total. The van der Waals surface area contributed by atoms with Gasteiger partial charge in [0.25, 0.3) is 5.91 Å². The summed E-state index contributed by atoms with van der Waals surface area (Å²) in [7, 11) is 0. The number of hydrogen-bond donors (Lipinski definition) is 0. The lowest BCUT2D eigenvalue weighted by Gasteiger charge is -2.34. The van der Waals surface area contributed by atoms with Crippen molar-refractivity contribution in [2.45, 2.75) is 38.1 Å². The van der Waals surface area contributed by atoms with E-state index in [4.69, 9.17) is 39.5 Å². The molecule has 0 atom stereocenters. The molecule has 148 valence electrons. The molecule has 1 amide bonds. The third-order valence-corrected chi connectivity index (χ3v) is 5.92. The second-order valence-corrected chi connectivity index (χ2v) is 7.71. The number of carbonyl (C=O) groups excluding carboxylic acids is 2. The van der Waals surface area contributed by atoms with Crippen LogP contribution in [0.25, 0.3) is 0 Å². The Balaban J connectivity index is 1.73. The summed E-state index contributed by atoms with van der Waals surface area (Å²) in [6, 6.07) is 9.50. The molecular formula is C20H19Cl3N2O3. The quantitative estimate of drug-likeness (QED) is 0.570. The average molecular weight is 442 g/mol. The van der Waals surface area contributed by atoms with Gasteiger partial charge in [-0.15, -0.1) is 0 Å². The summed E-state index contributed by atoms with van der Waals surface area (Å²) in [5, 5.41) is 0.0513. The number of anilines is 1. The van der Waals surface area contributed by atoms with Crippen molar-refractivity contribution >= 4 is 52.4 Å². The second kappa shape index (κ2) is 9.59. The molecule has 0 spiro atoms. The summed E-state index contributed by atoms with van der Waals surface area (Å²) in [5.74, 6) is -1.11. The van der Waals surface area contributed by atoms with E-state index in [1.54, 1.807) is 4.90 Å². The summed E-state index contributed by atoms with van der Waals surface area (Å²) < 4.78 is 5.18. The first-order valence-corrected chi connectivity index (χ1v) is 10.2. The molecule has 1 aromatic carbocycles. The molecule has 1 saturated carbocycles. The SMILES string of the molecule is O=C(OCC(=O)N(c1ccccc1)C1CCCCC1)c1ncc(Cl)c(Cl)c1Cl. The molecule has 1 aliphatic rings. The Kier molecular flexibility index (Phi) is 7.16. The molecule has 5 nitrogen and oxygen atoms in total. The zero-order valence-corrected chi connectivity index (χ0v) is 17.3. The van der Waals surface area contributed by atoms with Gasteiger partial charge in [-0.25, -0.2) is 9.78 Å². The predicted octanol–water partition coefficient (Wildman–Crippen LogP) is 5.56. The number of para-hydroxylation sites is 1. The van der Waals surface area contributed by atoms with Crippen LogP contribution in [0.4, 0.5) is 5.69 Å². The van der Waals surface area contributed by atoms with E-state index in [9.17, 15) is 9.59 Å². The molecule has 0 unspecified atom stereocenters. The highest BCUT2D eigenvalue weighted by Gasteiger charge is 2.28. The van der Waals surface area contributed by atoms with Crippen LogP contribution in [0, 0.1) is 0 Å². The zero-order chi connectivity index (χ0) is 20.1. The molecule has 1 fully saturated rings. The van der Waals surface area contributed by atoms with Crippen LogP contribution in [-0.4, -0.2) is 29.5 Å². The van der Waals surface area contributed by atoms with Gasteiger partial charge >= 0.3 is 5.97 Å². The number of ether oxygens (including phenoxy) is 1. The molecule has 8 heteroatoms. The summed E-state index contributed by atoms with van der Waals surface area (Å²) in [5.41, 5.74) is 0.619. The number of carbonyl (C=O) groups is 2. The summed E-state index contributed by atoms with van der Waals surface area (Å²) in [6.07, 6.45) is 6.38. The van der Waals surface area contributed by atoms with E-state index in [0.29, 0.717) is 0 Å². The van der Waals surface area contributed by atoms with Gasteiger partial charge in [-0.3, -0.25) is 4.79 Å². The maximum absolute atomic E-state index is 12.9. The molecular weight excluding hydrogens is 423 g/mol. The van der Waals surface area contributed by atoms with Crippen LogP contribution in [0.2, 0.25) is 15.1 Å². The van der Waals surface area contributed by atoms with Gasteiger partial charge in [-0.1, -0.05) is 72.3 Å². The zero-order valence-electron chi connectivity index (χ0n) is 15.0. The lowest BCUT2D eigenvalue weighted by molar-refractivity contribution is -0.122. The summed E-state index contributed by atoms with van der Waals surface area (Å²) >= 11 is 17.8. The van der Waals surface area contributed by atoms with Gasteiger partial charge in [0.2, 0.25) is 0 Å². The van der Waals surface area contributed by atoms with Crippen molar-refractivity contribution in [2.75, 3.05) is 11.5 Å². The number of nitrogens with zero attached hydrogens (tertiary/aromatic N) is 2. The van der Waals surface area contributed by atoms with Crippen LogP contribution in [0.3, 0.4) is 0 Å². The number of rotatable bonds is 5. The fourth-order valence-electron chi connectivity index (χ4n) is 3.34. The highest BCUT2D eigenvalue weighted by molar-refractivity contribution is 6.48. The van der Waals surface area contributed by atoms with Crippen molar-refractivity contribution < 1.29 is 14.3 Å². The van der Waals surface area contributed by atoms with E-state index >= 15 is 0 Å². The number of hydrogen-bond acceptors (Lipinski definition) is 4. The minimum atomic E-state index is -0.825. The van der Waals surface area contributed by atoms with Crippen LogP contribution in [0.1, 0.15) is 42.6 Å². The van der Waals surface area contributed by atoms with Gasteiger partial charge in [0.05, 0.1) is 15.1 Å². The largest absolute Gasteiger partial charge is 0.451 e. The molecule has 1 heterocycles. The smallest absolute Gasteiger partial charge is 0.359 e. The number of esters is 1. The van der Waals surface area contributed by atoms with Gasteiger partial charge in [0, 0.05) is 17.9 Å². The summed E-state index contributed by atoms with van der Waals surface area (Å²) in [4.78, 5) is 30.9. The molecule has 3 rings (SSSR count). The Bertz CT molecular complexity index is 855. The minimum absolute atomic E-state index is 0.0183. The number of benzene rings is 1. The Labute approximate surface area is 178 Å². The van der Waals surface area contributed by atoms with Crippen molar-refractivity contribution in [1.82, 2.24) is 4.98 Å². The Hall–Kier alpha value is -1.82. The summed E-state index contributed by atoms with van der Waals surface area (Å²) in [6.45, 7) is -0.414. The number of aromatic nitrogens is 1. The molecule has 1 aliphatic carbocycles. The van der Waals surface area contributed by atoms with Gasteiger partial charge in [0.15, 0.2) is 12.3 Å². The Morgan fingerprint density at radius 3 is 2.39 bits per heavy atom. The highest BCUT2D eigenvalue weighted by atomic mass is 35.5. The van der Waals surface area contributed by atoms with Gasteiger partial charge in [-0.05, 0) is 25.0 Å². The van der Waals surface area contributed by atoms with Crippen molar-refractivity contribution in [3.8, 4) is 0 Å². The molecule has 0 aliphatic heterocycles. The third-order valence-electron chi connectivity index (χ3n) is 4.68. The van der Waals surface area contributed by atoms with E-state index in [2.05, 4.69) is 4.98 Å². The van der Waals surface area contributed by atoms with Crippen molar-refractivity contribution in [2.24, 2.45) is 0 Å². The minimum Gasteiger partial charge on any atom is -0.451 e. The van der Waals surface area contributed by atoms with E-state index < -0.39 is 12.6 Å². The van der Waals surface area contributed by atoms with Crippen LogP contribution in [-0.2, 0) is 9.53 Å². The molecule has 1 aromatic heterocycles. The van der Waals surface area contributed by atoms with E-state index in [1.807, 2.05) is 30.3 Å². The van der Waals surface area contributed by atoms with Crippen molar-refractivity contribution in [3.05, 3.63) is 57.3 Å². The predicted molar refractivity (Wildman–Crippen MR) is 110 cm³/mol. The van der Waals surface area contributed by atoms with Gasteiger partial charge in [0.1, 0.15) is 0 Å². The molecule has 2 aromatic rings. The molecule has 0 bridgehead atoms. The normalized spacial score (nSPS) is 14.5. The lowest BCUT2D eigenvalue weighted by atomic mass is 9.93. The standard InChI is InChI=1S/C20H19Cl3N2O3/c21-15-11-24-19(18(23)17(15)22)20(27)28-12-16(26)25(13-7-3-1-4-8-13)14-9-5-2-6-10-14/h1,3-4,7-8,11,14H,2,5-6,9-10,12H2. The fourth-order valence-corrected chi connectivity index (χ4v) is 3.89. The Morgan fingerprint density at radius 1 is 1.04 bits per heavy atom. The van der Waals surface area contributed by atoms with E-state index in [-0.39, 0.29) is 32.7 Å². The van der Waals surface area contributed by atoms with Crippen LogP contribution < -0.4 is 4.90 Å². The van der Waals surface area contributed by atoms with Crippen LogP contribution in [0.15, 0.2) is 36.5 Å². The first kappa shape index (κ1) is 20.9. The van der Waals surface area contributed by atoms with Crippen LogP contribution >= 0.6 is 34.8 Å². The van der Waals surface area contributed by atoms with Gasteiger partial charge < -0.3 is 9.64 Å². The maximum atomic E-state index is 12.9. The van der Waals surface area contributed by atoms with Crippen molar-refractivity contribution in [1.29, 1.82) is 0 Å². The molecule has 0 radical (unpaired) electrons. The number of pyridine rings is 1. The first-order valence-electron chi connectivity index (χ1n) is 9.02. The topological polar surface area (TPSA) is 59.5 Å². The second-order valence-electron chi connectivity index (χ2n) is 6.55. The van der Waals surface area contributed by atoms with Gasteiger partial charge in [-0.2, -0.15) is 0 Å². The lowest BCUT2D eigenvalue weighted by Crippen LogP contribution is -2.43. The average Bonchev–Trinajstić information content (AvgIpc) is 2.72. The number of amides is 1. The number of halogens is 3. The molecule has 0 saturated heterocycles.